The standard InChI is InChI=1S/C16H15BrF3N3O/c1-9(15(24)21-11-5-3-2-4-6-11)23-13(10-7-8-10)12(17)14(22-23)16(18,19)20/h2-6,9-10H,7-8H2,1H3,(H,21,24). The second-order valence-corrected chi connectivity index (χ2v) is 6.59. The van der Waals surface area contributed by atoms with Gasteiger partial charge in [0.1, 0.15) is 6.04 Å². The van der Waals surface area contributed by atoms with Gasteiger partial charge >= 0.3 is 6.18 Å². The lowest BCUT2D eigenvalue weighted by atomic mass is 10.2. The molecule has 1 unspecified atom stereocenters. The Balaban J connectivity index is 1.91. The normalized spacial score (nSPS) is 16.0. The summed E-state index contributed by atoms with van der Waals surface area (Å²) in [5, 5.41) is 6.39. The number of carbonyl (C=O) groups excluding carboxylic acids is 1. The Bertz CT molecular complexity index is 754. The van der Waals surface area contributed by atoms with Crippen LogP contribution in [0.25, 0.3) is 0 Å². The van der Waals surface area contributed by atoms with E-state index in [1.165, 1.54) is 4.68 Å². The lowest BCUT2D eigenvalue weighted by Gasteiger charge is -2.16. The van der Waals surface area contributed by atoms with Crippen molar-refractivity contribution in [2.75, 3.05) is 5.32 Å². The Morgan fingerprint density at radius 1 is 1.33 bits per heavy atom. The summed E-state index contributed by atoms with van der Waals surface area (Å²) < 4.78 is 40.5. The molecule has 1 heterocycles. The van der Waals surface area contributed by atoms with E-state index in [9.17, 15) is 18.0 Å². The van der Waals surface area contributed by atoms with Crippen LogP contribution in [-0.4, -0.2) is 15.7 Å². The van der Waals surface area contributed by atoms with Crippen molar-refractivity contribution in [3.63, 3.8) is 0 Å². The van der Waals surface area contributed by atoms with Crippen LogP contribution >= 0.6 is 15.9 Å². The molecule has 24 heavy (non-hydrogen) atoms. The van der Waals surface area contributed by atoms with Crippen LogP contribution in [0.2, 0.25) is 0 Å². The molecule has 1 amide bonds. The first-order valence-electron chi connectivity index (χ1n) is 7.50. The molecule has 128 valence electrons. The van der Waals surface area contributed by atoms with Gasteiger partial charge in [0.25, 0.3) is 0 Å². The number of anilines is 1. The molecule has 2 aromatic rings. The van der Waals surface area contributed by atoms with Crippen molar-refractivity contribution in [1.29, 1.82) is 0 Å². The number of nitrogens with one attached hydrogen (secondary N) is 1. The van der Waals surface area contributed by atoms with Crippen molar-refractivity contribution in [2.45, 2.75) is 37.9 Å². The fourth-order valence-corrected chi connectivity index (χ4v) is 3.32. The number of hydrogen-bond donors (Lipinski definition) is 1. The number of halogens is 4. The number of hydrogen-bond acceptors (Lipinski definition) is 2. The summed E-state index contributed by atoms with van der Waals surface area (Å²) in [6.45, 7) is 1.55. The average molecular weight is 402 g/mol. The number of benzene rings is 1. The van der Waals surface area contributed by atoms with Crippen LogP contribution in [0.15, 0.2) is 34.8 Å². The summed E-state index contributed by atoms with van der Waals surface area (Å²) in [6, 6.07) is 7.92. The molecule has 1 aliphatic rings. The van der Waals surface area contributed by atoms with Crippen LogP contribution in [0.1, 0.15) is 43.1 Å². The van der Waals surface area contributed by atoms with Gasteiger partial charge in [-0.15, -0.1) is 0 Å². The van der Waals surface area contributed by atoms with Crippen LogP contribution in [0.4, 0.5) is 18.9 Å². The van der Waals surface area contributed by atoms with Crippen LogP contribution in [-0.2, 0) is 11.0 Å². The number of alkyl halides is 3. The molecule has 0 spiro atoms. The first kappa shape index (κ1) is 17.0. The van der Waals surface area contributed by atoms with Crippen molar-refractivity contribution in [3.05, 3.63) is 46.2 Å². The highest BCUT2D eigenvalue weighted by molar-refractivity contribution is 9.10. The molecule has 0 bridgehead atoms. The van der Waals surface area contributed by atoms with E-state index in [1.807, 2.05) is 6.07 Å². The molecular formula is C16H15BrF3N3O. The Morgan fingerprint density at radius 2 is 1.96 bits per heavy atom. The second-order valence-electron chi connectivity index (χ2n) is 5.80. The summed E-state index contributed by atoms with van der Waals surface area (Å²) in [6.07, 6.45) is -2.97. The van der Waals surface area contributed by atoms with Gasteiger partial charge in [-0.2, -0.15) is 18.3 Å². The first-order chi connectivity index (χ1) is 11.3. The minimum atomic E-state index is -4.57. The van der Waals surface area contributed by atoms with E-state index in [0.717, 1.165) is 12.8 Å². The zero-order chi connectivity index (χ0) is 17.5. The molecule has 1 fully saturated rings. The van der Waals surface area contributed by atoms with Crippen molar-refractivity contribution in [3.8, 4) is 0 Å². The van der Waals surface area contributed by atoms with Crippen molar-refractivity contribution >= 4 is 27.5 Å². The molecule has 0 saturated heterocycles. The lowest BCUT2D eigenvalue weighted by molar-refractivity contribution is -0.142. The Morgan fingerprint density at radius 3 is 2.50 bits per heavy atom. The molecule has 1 aromatic heterocycles. The largest absolute Gasteiger partial charge is 0.436 e. The molecule has 4 nitrogen and oxygen atoms in total. The highest BCUT2D eigenvalue weighted by atomic mass is 79.9. The van der Waals surface area contributed by atoms with Crippen LogP contribution in [0, 0.1) is 0 Å². The number of carbonyl (C=O) groups is 1. The van der Waals surface area contributed by atoms with Gasteiger partial charge < -0.3 is 5.32 Å². The Hall–Kier alpha value is -1.83. The van der Waals surface area contributed by atoms with Crippen molar-refractivity contribution < 1.29 is 18.0 Å². The van der Waals surface area contributed by atoms with Crippen LogP contribution < -0.4 is 5.32 Å². The average Bonchev–Trinajstić information content (AvgIpc) is 3.29. The van der Waals surface area contributed by atoms with Gasteiger partial charge in [0.05, 0.1) is 10.2 Å². The summed E-state index contributed by atoms with van der Waals surface area (Å²) in [4.78, 5) is 12.4. The van der Waals surface area contributed by atoms with E-state index in [0.29, 0.717) is 11.4 Å². The van der Waals surface area contributed by atoms with Gasteiger partial charge in [-0.1, -0.05) is 18.2 Å². The molecule has 1 aromatic carbocycles. The van der Waals surface area contributed by atoms with E-state index >= 15 is 0 Å². The number of aromatic nitrogens is 2. The highest BCUT2D eigenvalue weighted by Gasteiger charge is 2.42. The Kier molecular flexibility index (Phi) is 4.42. The third kappa shape index (κ3) is 3.33. The van der Waals surface area contributed by atoms with E-state index in [4.69, 9.17) is 0 Å². The third-order valence-corrected chi connectivity index (χ3v) is 4.69. The van der Waals surface area contributed by atoms with E-state index in [2.05, 4.69) is 26.3 Å². The number of para-hydroxylation sites is 1. The van der Waals surface area contributed by atoms with Crippen LogP contribution in [0.3, 0.4) is 0 Å². The predicted molar refractivity (Wildman–Crippen MR) is 86.7 cm³/mol. The minimum absolute atomic E-state index is 0.00921. The molecule has 8 heteroatoms. The minimum Gasteiger partial charge on any atom is -0.324 e. The molecule has 1 aliphatic carbocycles. The SMILES string of the molecule is CC(C(=O)Nc1ccccc1)n1nc(C(F)(F)F)c(Br)c1C1CC1. The van der Waals surface area contributed by atoms with Gasteiger partial charge in [-0.25, -0.2) is 0 Å². The predicted octanol–water partition coefficient (Wildman–Crippen LogP) is 4.74. The maximum absolute atomic E-state index is 13.1. The fourth-order valence-electron chi connectivity index (χ4n) is 2.51. The molecule has 1 N–H and O–H groups in total. The smallest absolute Gasteiger partial charge is 0.324 e. The molecule has 1 atom stereocenters. The van der Waals surface area contributed by atoms with E-state index < -0.39 is 23.8 Å². The monoisotopic (exact) mass is 401 g/mol. The topological polar surface area (TPSA) is 46.9 Å². The first-order valence-corrected chi connectivity index (χ1v) is 8.29. The summed E-state index contributed by atoms with van der Waals surface area (Å²) in [5.41, 5.74) is 0.0476. The van der Waals surface area contributed by atoms with Gasteiger partial charge in [0, 0.05) is 11.6 Å². The van der Waals surface area contributed by atoms with Crippen molar-refractivity contribution in [2.24, 2.45) is 0 Å². The number of amides is 1. The maximum Gasteiger partial charge on any atom is 0.436 e. The zero-order valence-corrected chi connectivity index (χ0v) is 14.4. The quantitative estimate of drug-likeness (QED) is 0.803. The number of rotatable bonds is 4. The summed E-state index contributed by atoms with van der Waals surface area (Å²) >= 11 is 3.03. The summed E-state index contributed by atoms with van der Waals surface area (Å²) in [5.74, 6) is -0.401. The maximum atomic E-state index is 13.1. The fraction of sp³-hybridized carbons (Fsp3) is 0.375. The van der Waals surface area contributed by atoms with Gasteiger partial charge in [-0.3, -0.25) is 9.48 Å². The molecule has 1 saturated carbocycles. The van der Waals surface area contributed by atoms with Crippen molar-refractivity contribution in [1.82, 2.24) is 9.78 Å². The van der Waals surface area contributed by atoms with Gasteiger partial charge in [0.15, 0.2) is 5.69 Å². The second kappa shape index (κ2) is 6.23. The zero-order valence-electron chi connectivity index (χ0n) is 12.8. The third-order valence-electron chi connectivity index (χ3n) is 3.91. The van der Waals surface area contributed by atoms with E-state index in [1.54, 1.807) is 31.2 Å². The molecule has 0 aliphatic heterocycles. The molecule has 3 rings (SSSR count). The highest BCUT2D eigenvalue weighted by Crippen LogP contribution is 2.47. The van der Waals surface area contributed by atoms with Gasteiger partial charge in [0.2, 0.25) is 5.91 Å². The summed E-state index contributed by atoms with van der Waals surface area (Å²) in [7, 11) is 0. The number of nitrogens with zero attached hydrogens (tertiary/aromatic N) is 2. The molecular weight excluding hydrogens is 387 g/mol. The Labute approximate surface area is 145 Å². The van der Waals surface area contributed by atoms with Gasteiger partial charge in [-0.05, 0) is 47.8 Å². The lowest BCUT2D eigenvalue weighted by Crippen LogP contribution is -2.26. The molecule has 0 radical (unpaired) electrons. The van der Waals surface area contributed by atoms with E-state index in [-0.39, 0.29) is 10.4 Å². The van der Waals surface area contributed by atoms with Crippen LogP contribution in [0.5, 0.6) is 0 Å².